The van der Waals surface area contributed by atoms with Gasteiger partial charge >= 0.3 is 0 Å². The third-order valence-electron chi connectivity index (χ3n) is 7.74. The Labute approximate surface area is 237 Å². The molecule has 0 saturated heterocycles. The quantitative estimate of drug-likeness (QED) is 0.0631. The van der Waals surface area contributed by atoms with Crippen LogP contribution in [0.4, 0.5) is 0 Å². The van der Waals surface area contributed by atoms with Crippen LogP contribution in [0.15, 0.2) is 12.2 Å². The molecule has 0 radical (unpaired) electrons. The molecule has 0 heterocycles. The van der Waals surface area contributed by atoms with Crippen molar-refractivity contribution in [2.24, 2.45) is 0 Å². The number of unbranched alkanes of at least 4 members (excludes halogenated alkanes) is 23. The van der Waals surface area contributed by atoms with Crippen molar-refractivity contribution in [1.82, 2.24) is 5.32 Å². The Morgan fingerprint density at radius 2 is 0.974 bits per heavy atom. The minimum absolute atomic E-state index is 0.117. The zero-order valence-electron chi connectivity index (χ0n) is 25.7. The highest BCUT2D eigenvalue weighted by Gasteiger charge is 2.17. The monoisotopic (exact) mass is 538 g/mol. The summed E-state index contributed by atoms with van der Waals surface area (Å²) in [7, 11) is 0. The zero-order valence-corrected chi connectivity index (χ0v) is 25.7. The van der Waals surface area contributed by atoms with Crippen molar-refractivity contribution in [3.63, 3.8) is 0 Å². The Balaban J connectivity index is 3.31. The van der Waals surface area contributed by atoms with Crippen molar-refractivity contribution in [2.45, 2.75) is 193 Å². The summed E-state index contributed by atoms with van der Waals surface area (Å²) in [5, 5.41) is 22.2. The molecule has 0 bridgehead atoms. The summed E-state index contributed by atoms with van der Waals surface area (Å²) in [6.07, 6.45) is 37.2. The van der Waals surface area contributed by atoms with Crippen molar-refractivity contribution in [2.75, 3.05) is 6.61 Å². The third-order valence-corrected chi connectivity index (χ3v) is 7.74. The molecule has 226 valence electrons. The van der Waals surface area contributed by atoms with Crippen LogP contribution in [0.3, 0.4) is 0 Å². The fraction of sp³-hybridized carbons (Fsp3) is 0.912. The molecule has 1 amide bonds. The van der Waals surface area contributed by atoms with E-state index in [2.05, 4.69) is 12.2 Å². The summed E-state index contributed by atoms with van der Waals surface area (Å²) < 4.78 is 0. The fourth-order valence-electron chi connectivity index (χ4n) is 5.16. The van der Waals surface area contributed by atoms with Gasteiger partial charge in [0.15, 0.2) is 0 Å². The van der Waals surface area contributed by atoms with Crippen LogP contribution in [-0.2, 0) is 4.79 Å². The summed E-state index contributed by atoms with van der Waals surface area (Å²) in [6, 6.07) is -0.611. The van der Waals surface area contributed by atoms with E-state index >= 15 is 0 Å². The second-order valence-electron chi connectivity index (χ2n) is 11.6. The lowest BCUT2D eigenvalue weighted by atomic mass is 10.0. The largest absolute Gasteiger partial charge is 0.394 e. The average molecular weight is 538 g/mol. The molecule has 38 heavy (non-hydrogen) atoms. The van der Waals surface area contributed by atoms with Crippen molar-refractivity contribution >= 4 is 5.91 Å². The molecule has 0 aliphatic rings. The van der Waals surface area contributed by atoms with E-state index in [4.69, 9.17) is 0 Å². The third kappa shape index (κ3) is 26.7. The maximum absolute atomic E-state index is 11.6. The fourth-order valence-corrected chi connectivity index (χ4v) is 5.16. The van der Waals surface area contributed by atoms with Gasteiger partial charge in [-0.25, -0.2) is 0 Å². The van der Waals surface area contributed by atoms with Crippen LogP contribution in [0.2, 0.25) is 0 Å². The molecule has 0 aromatic rings. The predicted octanol–water partition coefficient (Wildman–Crippen LogP) is 9.56. The van der Waals surface area contributed by atoms with Crippen LogP contribution in [0, 0.1) is 0 Å². The lowest BCUT2D eigenvalue weighted by Crippen LogP contribution is -2.45. The first-order chi connectivity index (χ1) is 18.7. The normalized spacial score (nSPS) is 13.3. The van der Waals surface area contributed by atoms with Crippen molar-refractivity contribution in [3.8, 4) is 0 Å². The van der Waals surface area contributed by atoms with Gasteiger partial charge in [-0.05, 0) is 19.3 Å². The van der Waals surface area contributed by atoms with Crippen LogP contribution in [-0.4, -0.2) is 34.9 Å². The number of aliphatic hydroxyl groups is 2. The molecule has 2 unspecified atom stereocenters. The van der Waals surface area contributed by atoms with Gasteiger partial charge in [-0.15, -0.1) is 0 Å². The first-order valence-electron chi connectivity index (χ1n) is 16.9. The van der Waals surface area contributed by atoms with Crippen LogP contribution in [0.5, 0.6) is 0 Å². The van der Waals surface area contributed by atoms with Gasteiger partial charge in [0.05, 0.1) is 18.8 Å². The lowest BCUT2D eigenvalue weighted by Gasteiger charge is -2.19. The Bertz CT molecular complexity index is 508. The molecule has 4 heteroatoms. The Morgan fingerprint density at radius 1 is 0.605 bits per heavy atom. The molecular formula is C34H67NO3. The van der Waals surface area contributed by atoms with Gasteiger partial charge < -0.3 is 15.5 Å². The highest BCUT2D eigenvalue weighted by molar-refractivity contribution is 5.76. The summed E-state index contributed by atoms with van der Waals surface area (Å²) in [4.78, 5) is 11.6. The number of hydrogen-bond acceptors (Lipinski definition) is 3. The second-order valence-corrected chi connectivity index (χ2v) is 11.6. The Morgan fingerprint density at radius 3 is 1.32 bits per heavy atom. The van der Waals surface area contributed by atoms with E-state index in [-0.39, 0.29) is 12.5 Å². The van der Waals surface area contributed by atoms with Crippen LogP contribution in [0.25, 0.3) is 0 Å². The van der Waals surface area contributed by atoms with E-state index in [1.807, 2.05) is 13.0 Å². The molecule has 2 atom stereocenters. The number of rotatable bonds is 30. The Kier molecular flexibility index (Phi) is 30.0. The number of nitrogens with one attached hydrogen (secondary N) is 1. The van der Waals surface area contributed by atoms with Gasteiger partial charge in [-0.3, -0.25) is 4.79 Å². The molecule has 0 aliphatic carbocycles. The van der Waals surface area contributed by atoms with E-state index in [1.165, 1.54) is 141 Å². The number of aliphatic hydroxyl groups excluding tert-OH is 2. The Hall–Kier alpha value is -0.870. The first kappa shape index (κ1) is 37.1. The summed E-state index contributed by atoms with van der Waals surface area (Å²) in [6.45, 7) is 3.98. The summed E-state index contributed by atoms with van der Waals surface area (Å²) >= 11 is 0. The van der Waals surface area contributed by atoms with Gasteiger partial charge in [-0.1, -0.05) is 167 Å². The maximum atomic E-state index is 11.6. The molecule has 3 N–H and O–H groups in total. The maximum Gasteiger partial charge on any atom is 0.220 e. The van der Waals surface area contributed by atoms with Gasteiger partial charge in [0.2, 0.25) is 5.91 Å². The van der Waals surface area contributed by atoms with Crippen LogP contribution in [0.1, 0.15) is 181 Å². The van der Waals surface area contributed by atoms with E-state index in [0.717, 1.165) is 19.3 Å². The van der Waals surface area contributed by atoms with E-state index < -0.39 is 12.1 Å². The zero-order chi connectivity index (χ0) is 27.9. The van der Waals surface area contributed by atoms with Crippen LogP contribution >= 0.6 is 0 Å². The van der Waals surface area contributed by atoms with Crippen molar-refractivity contribution in [1.29, 1.82) is 0 Å². The van der Waals surface area contributed by atoms with E-state index in [1.54, 1.807) is 6.08 Å². The smallest absolute Gasteiger partial charge is 0.220 e. The summed E-state index contributed by atoms with van der Waals surface area (Å²) in [5.74, 6) is -0.117. The molecule has 0 fully saturated rings. The second kappa shape index (κ2) is 30.7. The molecule has 0 spiro atoms. The van der Waals surface area contributed by atoms with Gasteiger partial charge in [0, 0.05) is 6.42 Å². The SMILES string of the molecule is CCCCCCCCCCCCCCCCCCCCCCCCC/C=C/C(O)C(CO)NC(=O)CCC. The lowest BCUT2D eigenvalue weighted by molar-refractivity contribution is -0.122. The van der Waals surface area contributed by atoms with E-state index in [0.29, 0.717) is 6.42 Å². The molecule has 0 saturated carbocycles. The van der Waals surface area contributed by atoms with E-state index in [9.17, 15) is 15.0 Å². The number of amides is 1. The summed E-state index contributed by atoms with van der Waals surface area (Å²) in [5.41, 5.74) is 0. The minimum Gasteiger partial charge on any atom is -0.394 e. The molecule has 0 aromatic heterocycles. The van der Waals surface area contributed by atoms with Gasteiger partial charge in [-0.2, -0.15) is 0 Å². The predicted molar refractivity (Wildman–Crippen MR) is 166 cm³/mol. The first-order valence-corrected chi connectivity index (χ1v) is 16.9. The highest BCUT2D eigenvalue weighted by Crippen LogP contribution is 2.15. The number of carbonyl (C=O) groups excluding carboxylic acids is 1. The molecule has 0 rings (SSSR count). The number of allylic oxidation sites excluding steroid dienone is 1. The number of hydrogen-bond donors (Lipinski definition) is 3. The van der Waals surface area contributed by atoms with Gasteiger partial charge in [0.25, 0.3) is 0 Å². The van der Waals surface area contributed by atoms with Crippen molar-refractivity contribution < 1.29 is 15.0 Å². The molecular weight excluding hydrogens is 470 g/mol. The molecule has 4 nitrogen and oxygen atoms in total. The molecule has 0 aromatic carbocycles. The molecule has 0 aliphatic heterocycles. The van der Waals surface area contributed by atoms with Crippen LogP contribution < -0.4 is 5.32 Å². The standard InChI is InChI=1S/C34H67NO3/c1-3-5-6-7-8-9-10-11-12-13-14-15-16-17-18-19-20-21-22-23-24-25-26-27-28-30-33(37)32(31-36)35-34(38)29-4-2/h28,30,32-33,36-37H,3-27,29,31H2,1-2H3,(H,35,38)/b30-28+. The topological polar surface area (TPSA) is 69.6 Å². The minimum atomic E-state index is -0.828. The van der Waals surface area contributed by atoms with Crippen molar-refractivity contribution in [3.05, 3.63) is 12.2 Å². The average Bonchev–Trinajstić information content (AvgIpc) is 2.91. The number of carbonyl (C=O) groups is 1. The highest BCUT2D eigenvalue weighted by atomic mass is 16.3. The van der Waals surface area contributed by atoms with Gasteiger partial charge in [0.1, 0.15) is 0 Å².